The van der Waals surface area contributed by atoms with E-state index in [1.807, 2.05) is 4.40 Å². The first-order valence-corrected chi connectivity index (χ1v) is 25.9. The third-order valence-electron chi connectivity index (χ3n) is 15.3. The average Bonchev–Trinajstić information content (AvgIpc) is 4.16. The summed E-state index contributed by atoms with van der Waals surface area (Å²) in [5.74, 6) is 0.284. The van der Waals surface area contributed by atoms with Crippen LogP contribution < -0.4 is 25.4 Å². The number of ether oxygens (including phenoxy) is 2. The second-order valence-electron chi connectivity index (χ2n) is 20.5. The van der Waals surface area contributed by atoms with Crippen molar-refractivity contribution in [3.8, 4) is 45.4 Å². The highest BCUT2D eigenvalue weighted by molar-refractivity contribution is 5.97. The summed E-state index contributed by atoms with van der Waals surface area (Å²) < 4.78 is 79.6. The smallest absolute Gasteiger partial charge is 0.254 e. The third-order valence-corrected chi connectivity index (χ3v) is 15.3. The number of amides is 2. The molecule has 16 nitrogen and oxygen atoms in total. The van der Waals surface area contributed by atoms with Crippen molar-refractivity contribution in [3.63, 3.8) is 0 Å². The van der Waals surface area contributed by atoms with Crippen LogP contribution in [0.1, 0.15) is 101 Å². The highest BCUT2D eigenvalue weighted by Crippen LogP contribution is 2.43. The number of piperidine rings is 2. The van der Waals surface area contributed by atoms with E-state index >= 15 is 8.78 Å². The van der Waals surface area contributed by atoms with Crippen molar-refractivity contribution >= 4 is 35.5 Å². The largest absolute Gasteiger partial charge is 0.496 e. The molecule has 0 spiro atoms. The van der Waals surface area contributed by atoms with E-state index in [0.717, 1.165) is 43.4 Å². The number of pyridine rings is 2. The van der Waals surface area contributed by atoms with Gasteiger partial charge in [0.15, 0.2) is 11.6 Å². The summed E-state index contributed by atoms with van der Waals surface area (Å²) in [6.45, 7) is 9.14. The first kappa shape index (κ1) is 53.1. The van der Waals surface area contributed by atoms with Gasteiger partial charge in [0, 0.05) is 84.3 Å². The fourth-order valence-electron chi connectivity index (χ4n) is 10.4. The van der Waals surface area contributed by atoms with Crippen LogP contribution in [0.15, 0.2) is 86.0 Å². The summed E-state index contributed by atoms with van der Waals surface area (Å²) in [6, 6.07) is 9.67. The molecule has 0 atom stereocenters. The molecule has 4 aliphatic rings. The molecule has 2 saturated heterocycles. The molecule has 8 heterocycles. The number of rotatable bonds is 13. The standard InChI is InChI=1S/C29H32F2N6O2.C27H28F2N6O2.ClH/c1-4-35-9-7-29(31,8-10-35)23-17-36-26(13-25(23)39-3)32-15-27(36)37-16-19(14-33-37)21-12-22(24(30)11-18(21)2)28(38)34-20-5-6-20;1-16-9-22(28)20(26(36)33-18-3-4-18)10-19(16)17-12-32-35(14-17)25-13-31-24-11-23(37-2)21(15-34(24)25)27(29)5-7-30-8-6-27;/h11-17,20H,4-10H2,1-3H3,(H,34,38);9-15,18,30H,3-8H2,1-2H3,(H,33,36);1H. The van der Waals surface area contributed by atoms with E-state index in [-0.39, 0.29) is 35.6 Å². The van der Waals surface area contributed by atoms with Crippen LogP contribution in [0.4, 0.5) is 17.6 Å². The van der Waals surface area contributed by atoms with Gasteiger partial charge in [0.05, 0.1) is 50.1 Å². The Kier molecular flexibility index (Phi) is 14.7. The fraction of sp³-hybridized carbons (Fsp3) is 0.393. The van der Waals surface area contributed by atoms with Crippen LogP contribution in [0, 0.1) is 25.5 Å². The Balaban J connectivity index is 0.000000173. The molecule has 0 unspecified atom stereocenters. The second-order valence-corrected chi connectivity index (χ2v) is 20.5. The Morgan fingerprint density at radius 2 is 1.08 bits per heavy atom. The lowest BCUT2D eigenvalue weighted by Gasteiger charge is -2.36. The molecule has 8 aromatic rings. The number of imidazole rings is 2. The van der Waals surface area contributed by atoms with Crippen LogP contribution in [-0.4, -0.2) is 114 Å². The first-order chi connectivity index (χ1) is 36.6. The van der Waals surface area contributed by atoms with E-state index in [1.54, 1.807) is 109 Å². The Labute approximate surface area is 448 Å². The van der Waals surface area contributed by atoms with Gasteiger partial charge in [0.1, 0.15) is 45.8 Å². The molecule has 2 aliphatic carbocycles. The molecule has 2 aromatic carbocycles. The minimum atomic E-state index is -1.51. The van der Waals surface area contributed by atoms with Crippen LogP contribution >= 0.6 is 12.4 Å². The number of halogens is 5. The number of nitrogens with one attached hydrogen (secondary N) is 3. The number of methoxy groups -OCH3 is 2. The van der Waals surface area contributed by atoms with Crippen molar-refractivity contribution in [2.45, 2.75) is 95.6 Å². The maximum absolute atomic E-state index is 16.3. The van der Waals surface area contributed by atoms with E-state index in [2.05, 4.69) is 47.9 Å². The van der Waals surface area contributed by atoms with Gasteiger partial charge in [-0.25, -0.2) is 36.9 Å². The van der Waals surface area contributed by atoms with Crippen LogP contribution in [0.3, 0.4) is 0 Å². The van der Waals surface area contributed by atoms with Gasteiger partial charge >= 0.3 is 0 Å². The van der Waals surface area contributed by atoms with Gasteiger partial charge in [-0.05, 0) is 131 Å². The fourth-order valence-corrected chi connectivity index (χ4v) is 10.4. The molecular formula is C56H61ClF4N12O4. The lowest BCUT2D eigenvalue weighted by molar-refractivity contribution is 0.0559. The van der Waals surface area contributed by atoms with E-state index in [4.69, 9.17) is 9.47 Å². The molecule has 2 saturated carbocycles. The number of alkyl halides is 2. The molecule has 0 radical (unpaired) electrons. The van der Waals surface area contributed by atoms with Crippen molar-refractivity contribution in [2.75, 3.05) is 46.9 Å². The van der Waals surface area contributed by atoms with Crippen molar-refractivity contribution < 1.29 is 36.6 Å². The van der Waals surface area contributed by atoms with Gasteiger partial charge in [0.2, 0.25) is 0 Å². The van der Waals surface area contributed by atoms with E-state index in [9.17, 15) is 18.4 Å². The summed E-state index contributed by atoms with van der Waals surface area (Å²) in [5, 5.41) is 17.9. The number of benzene rings is 2. The summed E-state index contributed by atoms with van der Waals surface area (Å²) in [7, 11) is 3.08. The monoisotopic (exact) mass is 1080 g/mol. The Morgan fingerprint density at radius 1 is 0.649 bits per heavy atom. The Morgan fingerprint density at radius 3 is 1.48 bits per heavy atom. The maximum atomic E-state index is 16.3. The second kappa shape index (κ2) is 21.3. The Bertz CT molecular complexity index is 3510. The van der Waals surface area contributed by atoms with E-state index in [0.29, 0.717) is 120 Å². The molecule has 21 heteroatoms. The first-order valence-electron chi connectivity index (χ1n) is 25.9. The van der Waals surface area contributed by atoms with Gasteiger partial charge in [-0.1, -0.05) is 6.92 Å². The number of likely N-dealkylation sites (tertiary alicyclic amines) is 1. The quantitative estimate of drug-likeness (QED) is 0.0950. The molecule has 404 valence electrons. The zero-order valence-electron chi connectivity index (χ0n) is 43.5. The van der Waals surface area contributed by atoms with Crippen LogP contribution in [-0.2, 0) is 11.3 Å². The highest BCUT2D eigenvalue weighted by atomic mass is 35.5. The zero-order valence-corrected chi connectivity index (χ0v) is 44.3. The van der Waals surface area contributed by atoms with E-state index in [1.165, 1.54) is 19.2 Å². The van der Waals surface area contributed by atoms with Gasteiger partial charge in [-0.3, -0.25) is 18.4 Å². The van der Waals surface area contributed by atoms with Crippen LogP contribution in [0.2, 0.25) is 0 Å². The normalized spacial score (nSPS) is 17.1. The number of hydrogen-bond acceptors (Lipinski definition) is 10. The average molecular weight is 1080 g/mol. The molecule has 2 amide bonds. The summed E-state index contributed by atoms with van der Waals surface area (Å²) in [6.07, 6.45) is 19.0. The van der Waals surface area contributed by atoms with E-state index < -0.39 is 34.8 Å². The summed E-state index contributed by atoms with van der Waals surface area (Å²) >= 11 is 0. The van der Waals surface area contributed by atoms with Crippen molar-refractivity contribution in [3.05, 3.63) is 131 Å². The molecule has 2 aliphatic heterocycles. The molecule has 3 N–H and O–H groups in total. The number of hydrogen-bond donors (Lipinski definition) is 3. The summed E-state index contributed by atoms with van der Waals surface area (Å²) in [4.78, 5) is 36.4. The minimum absolute atomic E-state index is 0. The van der Waals surface area contributed by atoms with Crippen LogP contribution in [0.25, 0.3) is 45.2 Å². The third kappa shape index (κ3) is 10.5. The Hall–Kier alpha value is -7.29. The maximum Gasteiger partial charge on any atom is 0.254 e. The number of fused-ring (bicyclic) bond motifs is 2. The topological polar surface area (TPSA) is 162 Å². The van der Waals surface area contributed by atoms with Crippen molar-refractivity contribution in [1.82, 2.24) is 59.2 Å². The minimum Gasteiger partial charge on any atom is -0.496 e. The van der Waals surface area contributed by atoms with Crippen molar-refractivity contribution in [1.29, 1.82) is 0 Å². The van der Waals surface area contributed by atoms with Crippen molar-refractivity contribution in [2.24, 2.45) is 0 Å². The van der Waals surface area contributed by atoms with Gasteiger partial charge in [-0.2, -0.15) is 10.2 Å². The molecule has 4 fully saturated rings. The lowest BCUT2D eigenvalue weighted by Crippen LogP contribution is -2.40. The molecular weight excluding hydrogens is 1020 g/mol. The predicted octanol–water partition coefficient (Wildman–Crippen LogP) is 9.32. The van der Waals surface area contributed by atoms with Crippen LogP contribution in [0.5, 0.6) is 11.5 Å². The van der Waals surface area contributed by atoms with Gasteiger partial charge < -0.3 is 30.3 Å². The number of nitrogens with zero attached hydrogens (tertiary/aromatic N) is 9. The van der Waals surface area contributed by atoms with Gasteiger partial charge in [-0.15, -0.1) is 12.4 Å². The molecule has 12 rings (SSSR count). The number of aromatic nitrogens is 8. The lowest BCUT2D eigenvalue weighted by atomic mass is 9.86. The number of aryl methyl sites for hydroxylation is 2. The number of carbonyl (C=O) groups excluding carboxylic acids is 2. The molecule has 6 aromatic heterocycles. The summed E-state index contributed by atoms with van der Waals surface area (Å²) in [5.41, 5.74) is 3.46. The predicted molar refractivity (Wildman–Crippen MR) is 285 cm³/mol. The highest BCUT2D eigenvalue weighted by Gasteiger charge is 2.40. The zero-order chi connectivity index (χ0) is 53.0. The molecule has 77 heavy (non-hydrogen) atoms. The molecule has 0 bridgehead atoms. The van der Waals surface area contributed by atoms with Gasteiger partial charge in [0.25, 0.3) is 11.8 Å². The number of carbonyl (C=O) groups is 2. The SMILES string of the molecule is CCN1CCC(F)(c2cn3c(-n4cc(-c5cc(C(=O)NC6CC6)c(F)cc5C)cn4)cnc3cc2OC)CC1.COc1cc2ncc(-n3cc(-c4cc(C(=O)NC5CC5)c(F)cc4C)cn3)n2cc1C1(F)CCNCC1.Cl.